The summed E-state index contributed by atoms with van der Waals surface area (Å²) in [5.74, 6) is 1.02. The van der Waals surface area contributed by atoms with E-state index in [0.29, 0.717) is 31.7 Å². The molecule has 1 aliphatic rings. The van der Waals surface area contributed by atoms with Crippen LogP contribution in [0, 0.1) is 20.8 Å². The molecule has 0 unspecified atom stereocenters. The third kappa shape index (κ3) is 3.92. The molecule has 7 heteroatoms. The quantitative estimate of drug-likeness (QED) is 0.667. The molecule has 2 aromatic heterocycles. The fourth-order valence-electron chi connectivity index (χ4n) is 3.94. The van der Waals surface area contributed by atoms with Crippen molar-refractivity contribution < 1.29 is 4.79 Å². The molecule has 3 aromatic rings. The lowest BCUT2D eigenvalue weighted by Gasteiger charge is -2.35. The Morgan fingerprint density at radius 3 is 2.47 bits per heavy atom. The summed E-state index contributed by atoms with van der Waals surface area (Å²) < 4.78 is 1.70. The molecule has 0 saturated carbocycles. The first-order valence-corrected chi connectivity index (χ1v) is 10.4. The van der Waals surface area contributed by atoms with Crippen LogP contribution in [0.2, 0.25) is 0 Å². The minimum atomic E-state index is -0.126. The zero-order valence-corrected chi connectivity index (χ0v) is 17.8. The fourth-order valence-corrected chi connectivity index (χ4v) is 3.94. The van der Waals surface area contributed by atoms with Crippen molar-refractivity contribution in [2.75, 3.05) is 31.1 Å². The summed E-state index contributed by atoms with van der Waals surface area (Å²) in [4.78, 5) is 38.5. The van der Waals surface area contributed by atoms with Gasteiger partial charge in [-0.05, 0) is 56.2 Å². The first-order chi connectivity index (χ1) is 14.4. The molecule has 1 saturated heterocycles. The molecule has 30 heavy (non-hydrogen) atoms. The molecule has 4 rings (SSSR count). The van der Waals surface area contributed by atoms with Gasteiger partial charge in [-0.1, -0.05) is 6.07 Å². The monoisotopic (exact) mass is 405 g/mol. The van der Waals surface area contributed by atoms with E-state index in [1.165, 1.54) is 0 Å². The second-order valence-corrected chi connectivity index (χ2v) is 7.88. The van der Waals surface area contributed by atoms with Crippen molar-refractivity contribution in [1.29, 1.82) is 0 Å². The molecule has 0 radical (unpaired) electrons. The van der Waals surface area contributed by atoms with Crippen molar-refractivity contribution in [1.82, 2.24) is 19.4 Å². The van der Waals surface area contributed by atoms with E-state index in [-0.39, 0.29) is 11.5 Å². The number of aromatic nitrogens is 3. The molecule has 1 aliphatic heterocycles. The van der Waals surface area contributed by atoms with Crippen molar-refractivity contribution in [2.45, 2.75) is 33.7 Å². The molecule has 0 N–H and O–H groups in total. The van der Waals surface area contributed by atoms with Crippen molar-refractivity contribution in [3.05, 3.63) is 63.7 Å². The van der Waals surface area contributed by atoms with E-state index in [2.05, 4.69) is 14.9 Å². The maximum absolute atomic E-state index is 12.8. The van der Waals surface area contributed by atoms with E-state index >= 15 is 0 Å². The largest absolute Gasteiger partial charge is 0.353 e. The predicted molar refractivity (Wildman–Crippen MR) is 118 cm³/mol. The number of amides is 1. The summed E-state index contributed by atoms with van der Waals surface area (Å²) >= 11 is 0. The van der Waals surface area contributed by atoms with Gasteiger partial charge in [-0.3, -0.25) is 9.59 Å². The summed E-state index contributed by atoms with van der Waals surface area (Å²) in [5, 5.41) is 0. The minimum absolute atomic E-state index is 0.0778. The lowest BCUT2D eigenvalue weighted by Crippen LogP contribution is -2.49. The third-order valence-corrected chi connectivity index (χ3v) is 5.88. The highest BCUT2D eigenvalue weighted by Crippen LogP contribution is 2.18. The summed E-state index contributed by atoms with van der Waals surface area (Å²) in [6, 6.07) is 9.87. The molecule has 0 spiro atoms. The highest BCUT2D eigenvalue weighted by atomic mass is 16.2. The molecule has 0 aliphatic carbocycles. The average Bonchev–Trinajstić information content (AvgIpc) is 2.76. The van der Waals surface area contributed by atoms with Gasteiger partial charge in [0.15, 0.2) is 0 Å². The second kappa shape index (κ2) is 8.26. The Morgan fingerprint density at radius 2 is 1.77 bits per heavy atom. The van der Waals surface area contributed by atoms with Gasteiger partial charge in [0.2, 0.25) is 5.91 Å². The fraction of sp³-hybridized carbons (Fsp3) is 0.391. The van der Waals surface area contributed by atoms with E-state index in [0.717, 1.165) is 41.1 Å². The number of carbonyl (C=O) groups excluding carboxylic acids is 1. The van der Waals surface area contributed by atoms with Crippen LogP contribution in [0.15, 0.2) is 41.3 Å². The number of aryl methyl sites for hydroxylation is 4. The van der Waals surface area contributed by atoms with Crippen molar-refractivity contribution in [3.8, 4) is 0 Å². The number of fused-ring (bicyclic) bond motifs is 1. The van der Waals surface area contributed by atoms with Gasteiger partial charge >= 0.3 is 0 Å². The molecule has 0 bridgehead atoms. The molecule has 3 heterocycles. The highest BCUT2D eigenvalue weighted by molar-refractivity contribution is 5.78. The molecule has 0 atom stereocenters. The van der Waals surface area contributed by atoms with Crippen molar-refractivity contribution >= 4 is 22.8 Å². The molecule has 1 fully saturated rings. The van der Waals surface area contributed by atoms with Gasteiger partial charge in [0.05, 0.1) is 11.0 Å². The normalized spacial score (nSPS) is 14.4. The summed E-state index contributed by atoms with van der Waals surface area (Å²) in [6.45, 7) is 9.01. The number of pyridine rings is 1. The Balaban J connectivity index is 1.46. The smallest absolute Gasteiger partial charge is 0.272 e. The number of benzene rings is 1. The van der Waals surface area contributed by atoms with Gasteiger partial charge in [0.1, 0.15) is 11.5 Å². The standard InChI is InChI=1S/C23H27N5O2/c1-16-14-19-20(15-17(16)2)28(23(30)18(3)25-19)9-7-22(29)27-12-10-26(11-13-27)21-6-4-5-8-24-21/h4-6,8,14-15H,7,9-13H2,1-3H3. The van der Waals surface area contributed by atoms with Gasteiger partial charge in [0, 0.05) is 45.3 Å². The summed E-state index contributed by atoms with van der Waals surface area (Å²) in [6.07, 6.45) is 2.09. The molecule has 1 amide bonds. The van der Waals surface area contributed by atoms with Crippen LogP contribution in [-0.2, 0) is 11.3 Å². The van der Waals surface area contributed by atoms with E-state index < -0.39 is 0 Å². The van der Waals surface area contributed by atoms with E-state index in [9.17, 15) is 9.59 Å². The van der Waals surface area contributed by atoms with Gasteiger partial charge in [-0.25, -0.2) is 9.97 Å². The first-order valence-electron chi connectivity index (χ1n) is 10.4. The zero-order valence-electron chi connectivity index (χ0n) is 17.8. The van der Waals surface area contributed by atoms with Crippen LogP contribution in [0.1, 0.15) is 23.2 Å². The van der Waals surface area contributed by atoms with Crippen LogP contribution in [-0.4, -0.2) is 51.5 Å². The lowest BCUT2D eigenvalue weighted by molar-refractivity contribution is -0.131. The number of rotatable bonds is 4. The number of hydrogen-bond donors (Lipinski definition) is 0. The van der Waals surface area contributed by atoms with E-state index in [1.54, 1.807) is 17.7 Å². The van der Waals surface area contributed by atoms with Crippen molar-refractivity contribution in [2.24, 2.45) is 0 Å². The lowest BCUT2D eigenvalue weighted by atomic mass is 10.1. The number of nitrogens with zero attached hydrogens (tertiary/aromatic N) is 5. The van der Waals surface area contributed by atoms with Crippen molar-refractivity contribution in [3.63, 3.8) is 0 Å². The first kappa shape index (κ1) is 20.1. The van der Waals surface area contributed by atoms with Crippen LogP contribution in [0.5, 0.6) is 0 Å². The Bertz CT molecular complexity index is 1130. The van der Waals surface area contributed by atoms with E-state index in [4.69, 9.17) is 0 Å². The Kier molecular flexibility index (Phi) is 5.53. The highest BCUT2D eigenvalue weighted by Gasteiger charge is 2.22. The zero-order chi connectivity index (χ0) is 21.3. The Morgan fingerprint density at radius 1 is 1.03 bits per heavy atom. The van der Waals surface area contributed by atoms with Crippen LogP contribution in [0.4, 0.5) is 5.82 Å². The molecular weight excluding hydrogens is 378 g/mol. The molecular formula is C23H27N5O2. The van der Waals surface area contributed by atoms with Crippen LogP contribution in [0.3, 0.4) is 0 Å². The summed E-state index contributed by atoms with van der Waals surface area (Å²) in [5.41, 5.74) is 4.17. The molecule has 156 valence electrons. The number of anilines is 1. The van der Waals surface area contributed by atoms with Gasteiger partial charge in [0.25, 0.3) is 5.56 Å². The summed E-state index contributed by atoms with van der Waals surface area (Å²) in [7, 11) is 0. The van der Waals surface area contributed by atoms with Gasteiger partial charge in [-0.15, -0.1) is 0 Å². The SMILES string of the molecule is Cc1cc2nc(C)c(=O)n(CCC(=O)N3CCN(c4ccccn4)CC3)c2cc1C. The number of hydrogen-bond acceptors (Lipinski definition) is 5. The third-order valence-electron chi connectivity index (χ3n) is 5.88. The second-order valence-electron chi connectivity index (χ2n) is 7.88. The van der Waals surface area contributed by atoms with Crippen LogP contribution in [0.25, 0.3) is 11.0 Å². The average molecular weight is 406 g/mol. The van der Waals surface area contributed by atoms with Gasteiger partial charge < -0.3 is 14.4 Å². The maximum atomic E-state index is 12.8. The minimum Gasteiger partial charge on any atom is -0.353 e. The van der Waals surface area contributed by atoms with Crippen LogP contribution < -0.4 is 10.5 Å². The van der Waals surface area contributed by atoms with Gasteiger partial charge in [-0.2, -0.15) is 0 Å². The number of carbonyl (C=O) groups is 1. The topological polar surface area (TPSA) is 71.3 Å². The van der Waals surface area contributed by atoms with Crippen LogP contribution >= 0.6 is 0 Å². The maximum Gasteiger partial charge on any atom is 0.272 e. The van der Waals surface area contributed by atoms with E-state index in [1.807, 2.05) is 49.1 Å². The predicted octanol–water partition coefficient (Wildman–Crippen LogP) is 2.46. The molecule has 7 nitrogen and oxygen atoms in total. The Labute approximate surface area is 176 Å². The number of piperazine rings is 1. The molecule has 1 aromatic carbocycles. The Hall–Kier alpha value is -3.22.